The van der Waals surface area contributed by atoms with E-state index in [0.29, 0.717) is 35.5 Å². The van der Waals surface area contributed by atoms with E-state index in [-0.39, 0.29) is 17.8 Å². The maximum absolute atomic E-state index is 13.1. The molecule has 3 atom stereocenters. The molecule has 6 rings (SSSR count). The van der Waals surface area contributed by atoms with Gasteiger partial charge < -0.3 is 15.1 Å². The molecule has 2 aliphatic heterocycles. The van der Waals surface area contributed by atoms with Crippen LogP contribution in [-0.4, -0.2) is 73.2 Å². The van der Waals surface area contributed by atoms with Gasteiger partial charge in [-0.05, 0) is 49.3 Å². The summed E-state index contributed by atoms with van der Waals surface area (Å²) in [4.78, 5) is 30.8. The van der Waals surface area contributed by atoms with Crippen LogP contribution in [0.4, 0.5) is 11.6 Å². The van der Waals surface area contributed by atoms with Gasteiger partial charge in [-0.25, -0.2) is 28.5 Å². The molecular weight excluding hydrogens is 526 g/mol. The van der Waals surface area contributed by atoms with Gasteiger partial charge in [0.2, 0.25) is 11.8 Å². The number of aromatic nitrogens is 5. The SMILES string of the molecule is Cc1cc(N2CCC(Cc3ccccc3)C2)cn2nc(C(=O)NC3CCN(c4ncc(S(C)(=N)=O)cn4)C3)nc12. The smallest absolute Gasteiger partial charge is 0.291 e. The lowest BCUT2D eigenvalue weighted by Gasteiger charge is -2.19. The number of amides is 1. The second-order valence-electron chi connectivity index (χ2n) is 10.8. The lowest BCUT2D eigenvalue weighted by atomic mass is 9.99. The third-order valence-corrected chi connectivity index (χ3v) is 8.81. The van der Waals surface area contributed by atoms with Crippen LogP contribution in [-0.2, 0) is 16.1 Å². The van der Waals surface area contributed by atoms with Crippen molar-refractivity contribution in [3.05, 3.63) is 71.9 Å². The summed E-state index contributed by atoms with van der Waals surface area (Å²) < 4.78 is 21.3. The third-order valence-electron chi connectivity index (χ3n) is 7.69. The van der Waals surface area contributed by atoms with Crippen LogP contribution in [0.1, 0.15) is 34.6 Å². The van der Waals surface area contributed by atoms with Crippen molar-refractivity contribution in [1.82, 2.24) is 29.9 Å². The molecule has 3 unspecified atom stereocenters. The molecule has 208 valence electrons. The number of hydrogen-bond donors (Lipinski definition) is 2. The molecule has 40 heavy (non-hydrogen) atoms. The molecule has 2 N–H and O–H groups in total. The Kier molecular flexibility index (Phi) is 6.87. The Morgan fingerprint density at radius 3 is 2.60 bits per heavy atom. The Bertz CT molecular complexity index is 1640. The Hall–Kier alpha value is -4.06. The van der Waals surface area contributed by atoms with Crippen LogP contribution < -0.4 is 15.1 Å². The summed E-state index contributed by atoms with van der Waals surface area (Å²) in [5.74, 6) is 0.939. The predicted molar refractivity (Wildman–Crippen MR) is 153 cm³/mol. The molecule has 0 saturated carbocycles. The molecule has 0 bridgehead atoms. The minimum absolute atomic E-state index is 0.100. The molecule has 5 heterocycles. The molecule has 2 saturated heterocycles. The average molecular weight is 560 g/mol. The number of hydrogen-bond acceptors (Lipinski definition) is 9. The zero-order valence-corrected chi connectivity index (χ0v) is 23.5. The van der Waals surface area contributed by atoms with Gasteiger partial charge in [-0.1, -0.05) is 30.3 Å². The van der Waals surface area contributed by atoms with Crippen molar-refractivity contribution < 1.29 is 9.00 Å². The first-order chi connectivity index (χ1) is 19.2. The summed E-state index contributed by atoms with van der Waals surface area (Å²) >= 11 is 0. The van der Waals surface area contributed by atoms with Crippen LogP contribution in [0.3, 0.4) is 0 Å². The van der Waals surface area contributed by atoms with E-state index in [1.54, 1.807) is 4.52 Å². The van der Waals surface area contributed by atoms with E-state index < -0.39 is 9.73 Å². The maximum Gasteiger partial charge on any atom is 0.291 e. The Labute approximate surface area is 233 Å². The fraction of sp³-hybridized carbons (Fsp3) is 0.393. The molecule has 11 nitrogen and oxygen atoms in total. The highest BCUT2D eigenvalue weighted by molar-refractivity contribution is 7.91. The second-order valence-corrected chi connectivity index (χ2v) is 13.0. The molecule has 4 aromatic rings. The number of fused-ring (bicyclic) bond motifs is 1. The first-order valence-electron chi connectivity index (χ1n) is 13.5. The van der Waals surface area contributed by atoms with Crippen molar-refractivity contribution >= 4 is 32.9 Å². The Morgan fingerprint density at radius 2 is 1.85 bits per heavy atom. The molecule has 0 aliphatic carbocycles. The highest BCUT2D eigenvalue weighted by Crippen LogP contribution is 2.28. The standard InChI is InChI=1S/C28H33N9O2S/c1-19-12-23(35-10-8-21(16-35)13-20-6-4-3-5-7-20)18-37-26(19)33-25(34-37)27(38)32-22-9-11-36(17-22)28-30-14-24(15-31-28)40(2,29)39/h3-7,12,14-15,18,21-22,29H,8-11,13,16-17H2,1-2H3,(H,32,38). The average Bonchev–Trinajstić information content (AvgIpc) is 3.69. The summed E-state index contributed by atoms with van der Waals surface area (Å²) in [5, 5.41) is 7.58. The third kappa shape index (κ3) is 5.48. The first kappa shape index (κ1) is 26.2. The van der Waals surface area contributed by atoms with Gasteiger partial charge in [0.15, 0.2) is 5.65 Å². The molecule has 12 heteroatoms. The number of rotatable bonds is 7. The second kappa shape index (κ2) is 10.5. The van der Waals surface area contributed by atoms with Gasteiger partial charge in [0, 0.05) is 50.9 Å². The molecule has 0 spiro atoms. The van der Waals surface area contributed by atoms with Gasteiger partial charge >= 0.3 is 0 Å². The summed E-state index contributed by atoms with van der Waals surface area (Å²) in [6.45, 7) is 5.21. The number of nitrogens with zero attached hydrogens (tertiary/aromatic N) is 7. The molecule has 3 aromatic heterocycles. The van der Waals surface area contributed by atoms with Gasteiger partial charge in [-0.3, -0.25) is 4.79 Å². The van der Waals surface area contributed by atoms with Crippen LogP contribution >= 0.6 is 0 Å². The van der Waals surface area contributed by atoms with Gasteiger partial charge in [0.1, 0.15) is 0 Å². The molecule has 1 aromatic carbocycles. The number of benzene rings is 1. The van der Waals surface area contributed by atoms with Gasteiger partial charge in [-0.2, -0.15) is 0 Å². The summed E-state index contributed by atoms with van der Waals surface area (Å²) in [6, 6.07) is 12.7. The van der Waals surface area contributed by atoms with Gasteiger partial charge in [-0.15, -0.1) is 5.10 Å². The lowest BCUT2D eigenvalue weighted by molar-refractivity contribution is 0.0930. The summed E-state index contributed by atoms with van der Waals surface area (Å²) in [7, 11) is -2.86. The van der Waals surface area contributed by atoms with Crippen LogP contribution in [0.2, 0.25) is 0 Å². The fourth-order valence-electron chi connectivity index (χ4n) is 5.56. The quantitative estimate of drug-likeness (QED) is 0.353. The monoisotopic (exact) mass is 559 g/mol. The number of anilines is 2. The first-order valence-corrected chi connectivity index (χ1v) is 15.5. The van der Waals surface area contributed by atoms with Gasteiger partial charge in [0.25, 0.3) is 5.91 Å². The van der Waals surface area contributed by atoms with Gasteiger partial charge in [0.05, 0.1) is 26.5 Å². The van der Waals surface area contributed by atoms with E-state index in [0.717, 1.165) is 43.6 Å². The number of aryl methyl sites for hydroxylation is 1. The minimum Gasteiger partial charge on any atom is -0.370 e. The Morgan fingerprint density at radius 1 is 1.10 bits per heavy atom. The summed E-state index contributed by atoms with van der Waals surface area (Å²) in [5.41, 5.74) is 4.13. The lowest BCUT2D eigenvalue weighted by Crippen LogP contribution is -2.37. The number of carbonyl (C=O) groups is 1. The topological polar surface area (TPSA) is 132 Å². The molecule has 2 fully saturated rings. The van der Waals surface area contributed by atoms with Crippen molar-refractivity contribution in [1.29, 1.82) is 4.78 Å². The number of carbonyl (C=O) groups excluding carboxylic acids is 1. The molecule has 2 aliphatic rings. The molecule has 0 radical (unpaired) electrons. The van der Waals surface area contributed by atoms with Crippen LogP contribution in [0, 0.1) is 17.6 Å². The van der Waals surface area contributed by atoms with Crippen molar-refractivity contribution in [3.8, 4) is 0 Å². The normalized spacial score (nSPS) is 20.6. The Balaban J connectivity index is 1.10. The van der Waals surface area contributed by atoms with E-state index in [4.69, 9.17) is 4.78 Å². The number of pyridine rings is 1. The van der Waals surface area contributed by atoms with E-state index in [9.17, 15) is 9.00 Å². The highest BCUT2D eigenvalue weighted by atomic mass is 32.2. The van der Waals surface area contributed by atoms with Crippen LogP contribution in [0.5, 0.6) is 0 Å². The zero-order chi connectivity index (χ0) is 27.9. The highest BCUT2D eigenvalue weighted by Gasteiger charge is 2.28. The largest absolute Gasteiger partial charge is 0.370 e. The van der Waals surface area contributed by atoms with E-state index in [2.05, 4.69) is 66.7 Å². The van der Waals surface area contributed by atoms with Crippen LogP contribution in [0.15, 0.2) is 59.9 Å². The van der Waals surface area contributed by atoms with Crippen molar-refractivity contribution in [2.45, 2.75) is 37.1 Å². The van der Waals surface area contributed by atoms with E-state index in [1.165, 1.54) is 24.2 Å². The van der Waals surface area contributed by atoms with E-state index in [1.807, 2.05) is 18.0 Å². The number of nitrogens with one attached hydrogen (secondary N) is 2. The maximum atomic E-state index is 13.1. The molecular formula is C28H33N9O2S. The predicted octanol–water partition coefficient (Wildman–Crippen LogP) is 2.94. The van der Waals surface area contributed by atoms with Crippen molar-refractivity contribution in [3.63, 3.8) is 0 Å². The van der Waals surface area contributed by atoms with Crippen molar-refractivity contribution in [2.75, 3.05) is 42.2 Å². The van der Waals surface area contributed by atoms with E-state index >= 15 is 0 Å². The zero-order valence-electron chi connectivity index (χ0n) is 22.7. The fourth-order valence-corrected chi connectivity index (χ4v) is 6.07. The van der Waals surface area contributed by atoms with Crippen LogP contribution in [0.25, 0.3) is 5.65 Å². The molecule has 1 amide bonds. The minimum atomic E-state index is -2.86. The van der Waals surface area contributed by atoms with Crippen molar-refractivity contribution in [2.24, 2.45) is 5.92 Å². The summed E-state index contributed by atoms with van der Waals surface area (Å²) in [6.07, 6.45) is 9.15.